The number of allylic oxidation sites excluding steroid dienone is 5. The number of hydrogen-bond donors (Lipinski definition) is 0. The Bertz CT molecular complexity index is 341. The Kier molecular flexibility index (Phi) is 4.65. The van der Waals surface area contributed by atoms with Gasteiger partial charge in [0.2, 0.25) is 0 Å². The fraction of sp³-hybridized carbons (Fsp3) is 0.647. The highest BCUT2D eigenvalue weighted by Crippen LogP contribution is 2.35. The SMILES string of the molecule is C=C(C)C1=C(C2=CCCCCC2)CCCCC1. The summed E-state index contributed by atoms with van der Waals surface area (Å²) in [5.41, 5.74) is 6.25. The van der Waals surface area contributed by atoms with Gasteiger partial charge in [-0.15, -0.1) is 0 Å². The maximum Gasteiger partial charge on any atom is -0.0273 e. The van der Waals surface area contributed by atoms with E-state index in [1.807, 2.05) is 0 Å². The van der Waals surface area contributed by atoms with Crippen molar-refractivity contribution in [3.8, 4) is 0 Å². The zero-order chi connectivity index (χ0) is 12.1. The first-order valence-electron chi connectivity index (χ1n) is 7.36. The smallest absolute Gasteiger partial charge is 0.0273 e. The van der Waals surface area contributed by atoms with Crippen LogP contribution in [0.3, 0.4) is 0 Å². The normalized spacial score (nSPS) is 22.8. The summed E-state index contributed by atoms with van der Waals surface area (Å²) in [5, 5.41) is 0. The van der Waals surface area contributed by atoms with Gasteiger partial charge in [-0.05, 0) is 75.0 Å². The molecule has 0 spiro atoms. The molecule has 2 aliphatic carbocycles. The second-order valence-corrected chi connectivity index (χ2v) is 5.63. The average Bonchev–Trinajstić information content (AvgIpc) is 2.71. The highest BCUT2D eigenvalue weighted by atomic mass is 14.2. The van der Waals surface area contributed by atoms with Crippen LogP contribution in [0, 0.1) is 0 Å². The van der Waals surface area contributed by atoms with E-state index in [0.717, 1.165) is 0 Å². The van der Waals surface area contributed by atoms with Gasteiger partial charge < -0.3 is 0 Å². The van der Waals surface area contributed by atoms with Crippen LogP contribution < -0.4 is 0 Å². The molecule has 0 aromatic heterocycles. The molecule has 0 amide bonds. The molecule has 94 valence electrons. The van der Waals surface area contributed by atoms with Crippen molar-refractivity contribution in [1.29, 1.82) is 0 Å². The minimum atomic E-state index is 1.27. The van der Waals surface area contributed by atoms with Gasteiger partial charge in [-0.2, -0.15) is 0 Å². The van der Waals surface area contributed by atoms with Crippen LogP contribution in [0.2, 0.25) is 0 Å². The van der Waals surface area contributed by atoms with E-state index in [1.54, 1.807) is 16.7 Å². The molecule has 0 aliphatic heterocycles. The van der Waals surface area contributed by atoms with E-state index >= 15 is 0 Å². The van der Waals surface area contributed by atoms with Crippen molar-refractivity contribution in [3.05, 3.63) is 34.9 Å². The molecule has 0 bridgehead atoms. The first kappa shape index (κ1) is 12.7. The minimum absolute atomic E-state index is 1.27. The summed E-state index contributed by atoms with van der Waals surface area (Å²) in [6.45, 7) is 6.40. The van der Waals surface area contributed by atoms with Crippen LogP contribution in [0.25, 0.3) is 0 Å². The third-order valence-electron chi connectivity index (χ3n) is 4.16. The molecule has 0 N–H and O–H groups in total. The molecule has 0 radical (unpaired) electrons. The maximum atomic E-state index is 4.20. The largest absolute Gasteiger partial charge is 0.0958 e. The van der Waals surface area contributed by atoms with E-state index in [9.17, 15) is 0 Å². The van der Waals surface area contributed by atoms with Crippen molar-refractivity contribution in [2.45, 2.75) is 71.1 Å². The van der Waals surface area contributed by atoms with Crippen LogP contribution in [0.1, 0.15) is 71.1 Å². The lowest BCUT2D eigenvalue weighted by Gasteiger charge is -2.16. The van der Waals surface area contributed by atoms with Crippen LogP contribution in [-0.2, 0) is 0 Å². The van der Waals surface area contributed by atoms with Gasteiger partial charge in [0, 0.05) is 0 Å². The summed E-state index contributed by atoms with van der Waals surface area (Å²) in [7, 11) is 0. The molecule has 0 unspecified atom stereocenters. The van der Waals surface area contributed by atoms with Gasteiger partial charge in [0.25, 0.3) is 0 Å². The lowest BCUT2D eigenvalue weighted by molar-refractivity contribution is 0.698. The fourth-order valence-corrected chi connectivity index (χ4v) is 3.20. The van der Waals surface area contributed by atoms with Gasteiger partial charge in [0.15, 0.2) is 0 Å². The second-order valence-electron chi connectivity index (χ2n) is 5.63. The fourth-order valence-electron chi connectivity index (χ4n) is 3.20. The molecule has 2 aliphatic rings. The molecule has 0 saturated carbocycles. The lowest BCUT2D eigenvalue weighted by Crippen LogP contribution is -1.96. The minimum Gasteiger partial charge on any atom is -0.0958 e. The molecule has 0 atom stereocenters. The van der Waals surface area contributed by atoms with E-state index in [2.05, 4.69) is 19.6 Å². The Morgan fingerprint density at radius 3 is 2.47 bits per heavy atom. The topological polar surface area (TPSA) is 0 Å². The van der Waals surface area contributed by atoms with Crippen LogP contribution in [0.4, 0.5) is 0 Å². The zero-order valence-electron chi connectivity index (χ0n) is 11.4. The van der Waals surface area contributed by atoms with Crippen molar-refractivity contribution >= 4 is 0 Å². The van der Waals surface area contributed by atoms with Crippen LogP contribution in [0.5, 0.6) is 0 Å². The highest BCUT2D eigenvalue weighted by molar-refractivity contribution is 5.44. The molecule has 0 aromatic rings. The molecule has 0 nitrogen and oxygen atoms in total. The summed E-state index contributed by atoms with van der Waals surface area (Å²) >= 11 is 0. The van der Waals surface area contributed by atoms with Gasteiger partial charge in [0.1, 0.15) is 0 Å². The molecule has 2 rings (SSSR count). The molecule has 0 saturated heterocycles. The second kappa shape index (κ2) is 6.23. The van der Waals surface area contributed by atoms with Gasteiger partial charge in [0.05, 0.1) is 0 Å². The zero-order valence-corrected chi connectivity index (χ0v) is 11.4. The summed E-state index contributed by atoms with van der Waals surface area (Å²) in [6.07, 6.45) is 16.0. The summed E-state index contributed by atoms with van der Waals surface area (Å²) in [4.78, 5) is 0. The van der Waals surface area contributed by atoms with E-state index < -0.39 is 0 Å². The van der Waals surface area contributed by atoms with E-state index in [4.69, 9.17) is 0 Å². The van der Waals surface area contributed by atoms with Gasteiger partial charge >= 0.3 is 0 Å². The molecule has 0 aromatic carbocycles. The quantitative estimate of drug-likeness (QED) is 0.569. The van der Waals surface area contributed by atoms with Crippen molar-refractivity contribution < 1.29 is 0 Å². The Hall–Kier alpha value is -0.780. The van der Waals surface area contributed by atoms with E-state index in [-0.39, 0.29) is 0 Å². The lowest BCUT2D eigenvalue weighted by atomic mass is 9.90. The van der Waals surface area contributed by atoms with E-state index in [0.29, 0.717) is 0 Å². The predicted molar refractivity (Wildman–Crippen MR) is 76.1 cm³/mol. The molecule has 17 heavy (non-hydrogen) atoms. The summed E-state index contributed by atoms with van der Waals surface area (Å²) < 4.78 is 0. The Balaban J connectivity index is 2.28. The summed E-state index contributed by atoms with van der Waals surface area (Å²) in [6, 6.07) is 0. The predicted octanol–water partition coefficient (Wildman–Crippen LogP) is 5.71. The van der Waals surface area contributed by atoms with Crippen molar-refractivity contribution in [2.75, 3.05) is 0 Å². The molecule has 0 fully saturated rings. The van der Waals surface area contributed by atoms with Gasteiger partial charge in [-0.3, -0.25) is 0 Å². The summed E-state index contributed by atoms with van der Waals surface area (Å²) in [5.74, 6) is 0. The maximum absolute atomic E-state index is 4.20. The molecular formula is C17H26. The molecule has 0 heterocycles. The monoisotopic (exact) mass is 230 g/mol. The van der Waals surface area contributed by atoms with Crippen LogP contribution in [-0.4, -0.2) is 0 Å². The Morgan fingerprint density at radius 2 is 1.65 bits per heavy atom. The molecular weight excluding hydrogens is 204 g/mol. The van der Waals surface area contributed by atoms with Crippen LogP contribution in [0.15, 0.2) is 34.9 Å². The average molecular weight is 230 g/mol. The highest BCUT2D eigenvalue weighted by Gasteiger charge is 2.16. The van der Waals surface area contributed by atoms with Gasteiger partial charge in [-0.1, -0.05) is 31.1 Å². The van der Waals surface area contributed by atoms with Crippen molar-refractivity contribution in [3.63, 3.8) is 0 Å². The first-order valence-corrected chi connectivity index (χ1v) is 7.36. The first-order chi connectivity index (χ1) is 8.29. The van der Waals surface area contributed by atoms with Crippen molar-refractivity contribution in [1.82, 2.24) is 0 Å². The molecule has 0 heteroatoms. The van der Waals surface area contributed by atoms with Crippen molar-refractivity contribution in [2.24, 2.45) is 0 Å². The Labute approximate surface area is 106 Å². The standard InChI is InChI=1S/C17H26/c1-14(2)16-12-8-5-9-13-17(16)15-10-6-3-4-7-11-15/h10H,1,3-9,11-13H2,2H3. The Morgan fingerprint density at radius 1 is 0.941 bits per heavy atom. The van der Waals surface area contributed by atoms with Gasteiger partial charge in [-0.25, -0.2) is 0 Å². The number of hydrogen-bond acceptors (Lipinski definition) is 0. The van der Waals surface area contributed by atoms with E-state index in [1.165, 1.54) is 69.8 Å². The van der Waals surface area contributed by atoms with Crippen LogP contribution >= 0.6 is 0 Å². The third-order valence-corrected chi connectivity index (χ3v) is 4.16. The number of rotatable bonds is 2. The third kappa shape index (κ3) is 3.34.